The van der Waals surface area contributed by atoms with E-state index in [4.69, 9.17) is 0 Å². The summed E-state index contributed by atoms with van der Waals surface area (Å²) in [5.41, 5.74) is 8.92. The molecular formula is C52H36N2. The SMILES string of the molecule is c1ccc(-c2cccc(N(c3cccc4ccccc34)c3cccc4ccccc34)c2N(c2cccc3ccccc23)c2cccc3ccccc23)cc1. The van der Waals surface area contributed by atoms with Gasteiger partial charge in [0.1, 0.15) is 0 Å². The molecule has 254 valence electrons. The summed E-state index contributed by atoms with van der Waals surface area (Å²) in [6, 6.07) is 79.2. The van der Waals surface area contributed by atoms with Gasteiger partial charge in [-0.15, -0.1) is 0 Å². The second-order valence-corrected chi connectivity index (χ2v) is 13.7. The van der Waals surface area contributed by atoms with Crippen LogP contribution in [-0.4, -0.2) is 0 Å². The Bertz CT molecular complexity index is 2790. The summed E-state index contributed by atoms with van der Waals surface area (Å²) < 4.78 is 0. The molecular weight excluding hydrogens is 653 g/mol. The minimum absolute atomic E-state index is 1.07. The Kier molecular flexibility index (Phi) is 7.85. The van der Waals surface area contributed by atoms with Gasteiger partial charge in [0.2, 0.25) is 0 Å². The molecule has 0 aliphatic rings. The molecule has 0 aliphatic carbocycles. The van der Waals surface area contributed by atoms with Crippen molar-refractivity contribution in [2.24, 2.45) is 0 Å². The molecule has 0 atom stereocenters. The van der Waals surface area contributed by atoms with Gasteiger partial charge < -0.3 is 9.80 Å². The first-order chi connectivity index (χ1) is 26.8. The van der Waals surface area contributed by atoms with E-state index in [0.717, 1.165) is 45.3 Å². The lowest BCUT2D eigenvalue weighted by atomic mass is 9.96. The predicted molar refractivity (Wildman–Crippen MR) is 231 cm³/mol. The summed E-state index contributed by atoms with van der Waals surface area (Å²) in [6.45, 7) is 0. The molecule has 0 amide bonds. The third kappa shape index (κ3) is 5.36. The van der Waals surface area contributed by atoms with Gasteiger partial charge in [0.25, 0.3) is 0 Å². The number of para-hydroxylation sites is 1. The van der Waals surface area contributed by atoms with Crippen molar-refractivity contribution in [1.82, 2.24) is 0 Å². The number of hydrogen-bond donors (Lipinski definition) is 0. The van der Waals surface area contributed by atoms with Crippen LogP contribution in [0.25, 0.3) is 54.2 Å². The van der Waals surface area contributed by atoms with Crippen molar-refractivity contribution in [2.45, 2.75) is 0 Å². The van der Waals surface area contributed by atoms with Crippen LogP contribution in [0.2, 0.25) is 0 Å². The minimum atomic E-state index is 1.07. The Hall–Kier alpha value is -7.16. The molecule has 0 saturated heterocycles. The molecule has 0 spiro atoms. The van der Waals surface area contributed by atoms with Gasteiger partial charge in [0.05, 0.1) is 34.1 Å². The highest BCUT2D eigenvalue weighted by Gasteiger charge is 2.28. The Balaban J connectivity index is 1.40. The highest BCUT2D eigenvalue weighted by molar-refractivity contribution is 6.12. The van der Waals surface area contributed by atoms with Gasteiger partial charge in [-0.05, 0) is 57.4 Å². The van der Waals surface area contributed by atoms with Crippen LogP contribution < -0.4 is 9.80 Å². The normalized spacial score (nSPS) is 11.3. The third-order valence-electron chi connectivity index (χ3n) is 10.6. The number of rotatable bonds is 7. The molecule has 10 rings (SSSR count). The summed E-state index contributed by atoms with van der Waals surface area (Å²) in [7, 11) is 0. The second-order valence-electron chi connectivity index (χ2n) is 13.7. The van der Waals surface area contributed by atoms with Gasteiger partial charge in [-0.3, -0.25) is 0 Å². The third-order valence-corrected chi connectivity index (χ3v) is 10.6. The molecule has 0 bridgehead atoms. The molecule has 0 aromatic heterocycles. The zero-order valence-electron chi connectivity index (χ0n) is 29.7. The van der Waals surface area contributed by atoms with Crippen molar-refractivity contribution in [3.63, 3.8) is 0 Å². The first-order valence-electron chi connectivity index (χ1n) is 18.5. The first kappa shape index (κ1) is 31.6. The van der Waals surface area contributed by atoms with E-state index in [9.17, 15) is 0 Å². The molecule has 10 aromatic carbocycles. The summed E-state index contributed by atoms with van der Waals surface area (Å²) in [5.74, 6) is 0. The summed E-state index contributed by atoms with van der Waals surface area (Å²) in [6.07, 6.45) is 0. The maximum Gasteiger partial charge on any atom is 0.0781 e. The molecule has 0 aliphatic heterocycles. The van der Waals surface area contributed by atoms with Crippen molar-refractivity contribution in [3.05, 3.63) is 218 Å². The minimum Gasteiger partial charge on any atom is -0.307 e. The molecule has 2 heteroatoms. The van der Waals surface area contributed by atoms with Crippen molar-refractivity contribution in [2.75, 3.05) is 9.80 Å². The summed E-state index contributed by atoms with van der Waals surface area (Å²) >= 11 is 0. The smallest absolute Gasteiger partial charge is 0.0781 e. The van der Waals surface area contributed by atoms with Crippen LogP contribution >= 0.6 is 0 Å². The van der Waals surface area contributed by atoms with Crippen LogP contribution in [0, 0.1) is 0 Å². The van der Waals surface area contributed by atoms with Gasteiger partial charge >= 0.3 is 0 Å². The number of benzene rings is 10. The topological polar surface area (TPSA) is 6.48 Å². The second kappa shape index (κ2) is 13.4. The fourth-order valence-electron chi connectivity index (χ4n) is 8.17. The Morgan fingerprint density at radius 3 is 0.963 bits per heavy atom. The Morgan fingerprint density at radius 1 is 0.222 bits per heavy atom. The zero-order chi connectivity index (χ0) is 35.8. The van der Waals surface area contributed by atoms with E-state index in [0.29, 0.717) is 0 Å². The van der Waals surface area contributed by atoms with E-state index in [1.165, 1.54) is 43.1 Å². The molecule has 2 nitrogen and oxygen atoms in total. The van der Waals surface area contributed by atoms with Crippen molar-refractivity contribution >= 4 is 77.2 Å². The molecule has 10 aromatic rings. The molecule has 0 unspecified atom stereocenters. The van der Waals surface area contributed by atoms with Gasteiger partial charge in [0, 0.05) is 27.1 Å². The average molecular weight is 689 g/mol. The molecule has 0 saturated carbocycles. The molecule has 54 heavy (non-hydrogen) atoms. The average Bonchev–Trinajstić information content (AvgIpc) is 3.25. The van der Waals surface area contributed by atoms with Crippen LogP contribution in [0.1, 0.15) is 0 Å². The highest BCUT2D eigenvalue weighted by Crippen LogP contribution is 2.53. The highest BCUT2D eigenvalue weighted by atomic mass is 15.2. The predicted octanol–water partition coefficient (Wildman–Crippen LogP) is 14.9. The van der Waals surface area contributed by atoms with Crippen molar-refractivity contribution < 1.29 is 0 Å². The van der Waals surface area contributed by atoms with Crippen LogP contribution in [-0.2, 0) is 0 Å². The van der Waals surface area contributed by atoms with E-state index in [1.54, 1.807) is 0 Å². The summed E-state index contributed by atoms with van der Waals surface area (Å²) in [5, 5.41) is 9.52. The molecule has 0 heterocycles. The van der Waals surface area contributed by atoms with E-state index < -0.39 is 0 Å². The lowest BCUT2D eigenvalue weighted by Gasteiger charge is -2.36. The molecule has 0 N–H and O–H groups in total. The van der Waals surface area contributed by atoms with Gasteiger partial charge in [-0.25, -0.2) is 0 Å². The quantitative estimate of drug-likeness (QED) is 0.164. The van der Waals surface area contributed by atoms with Gasteiger partial charge in [-0.1, -0.05) is 188 Å². The maximum absolute atomic E-state index is 2.52. The molecule has 0 fully saturated rings. The lowest BCUT2D eigenvalue weighted by molar-refractivity contribution is 1.25. The van der Waals surface area contributed by atoms with E-state index in [2.05, 4.69) is 228 Å². The van der Waals surface area contributed by atoms with E-state index in [1.807, 2.05) is 0 Å². The van der Waals surface area contributed by atoms with Crippen molar-refractivity contribution in [1.29, 1.82) is 0 Å². The standard InChI is InChI=1S/C52H36N2/c1-2-17-41(18-3-1)46-31-16-36-51(53(47-32-12-23-37-19-4-8-27-42(37)47)48-33-13-24-38-20-5-9-28-43(38)48)52(46)54(49-34-14-25-39-21-6-10-29-44(39)49)50-35-15-26-40-22-7-11-30-45(40)50/h1-36H. The molecule has 0 radical (unpaired) electrons. The van der Waals surface area contributed by atoms with Gasteiger partial charge in [-0.2, -0.15) is 0 Å². The van der Waals surface area contributed by atoms with Crippen LogP contribution in [0.4, 0.5) is 34.1 Å². The van der Waals surface area contributed by atoms with Crippen LogP contribution in [0.15, 0.2) is 218 Å². The monoisotopic (exact) mass is 688 g/mol. The fraction of sp³-hybridized carbons (Fsp3) is 0. The summed E-state index contributed by atoms with van der Waals surface area (Å²) in [4.78, 5) is 5.02. The Morgan fingerprint density at radius 2 is 0.537 bits per heavy atom. The van der Waals surface area contributed by atoms with E-state index in [-0.39, 0.29) is 0 Å². The maximum atomic E-state index is 2.52. The lowest BCUT2D eigenvalue weighted by Crippen LogP contribution is -2.19. The van der Waals surface area contributed by atoms with Gasteiger partial charge in [0.15, 0.2) is 0 Å². The van der Waals surface area contributed by atoms with Crippen LogP contribution in [0.5, 0.6) is 0 Å². The largest absolute Gasteiger partial charge is 0.307 e. The first-order valence-corrected chi connectivity index (χ1v) is 18.5. The number of fused-ring (bicyclic) bond motifs is 4. The number of nitrogens with zero attached hydrogens (tertiary/aromatic N) is 2. The zero-order valence-corrected chi connectivity index (χ0v) is 29.7. The fourth-order valence-corrected chi connectivity index (χ4v) is 8.17. The number of hydrogen-bond acceptors (Lipinski definition) is 2. The Labute approximate surface area is 315 Å². The van der Waals surface area contributed by atoms with Crippen LogP contribution in [0.3, 0.4) is 0 Å². The van der Waals surface area contributed by atoms with E-state index >= 15 is 0 Å². The van der Waals surface area contributed by atoms with Crippen molar-refractivity contribution in [3.8, 4) is 11.1 Å². The number of anilines is 6.